The number of carbonyl (C=O) groups is 1. The van der Waals surface area contributed by atoms with Crippen LogP contribution in [0.3, 0.4) is 0 Å². The highest BCUT2D eigenvalue weighted by Gasteiger charge is 2.35. The second-order valence-electron chi connectivity index (χ2n) is 8.56. The minimum absolute atomic E-state index is 0.153. The number of aromatic nitrogens is 1. The summed E-state index contributed by atoms with van der Waals surface area (Å²) in [6.45, 7) is 6.80. The van der Waals surface area contributed by atoms with Crippen LogP contribution in [-0.4, -0.2) is 23.0 Å². The smallest absolute Gasteiger partial charge is 0.323 e. The molecule has 3 rings (SSSR count). The van der Waals surface area contributed by atoms with Crippen molar-refractivity contribution in [3.63, 3.8) is 0 Å². The van der Waals surface area contributed by atoms with Gasteiger partial charge in [0.2, 0.25) is 0 Å². The molecule has 1 aliphatic carbocycles. The average molecular weight is 381 g/mol. The van der Waals surface area contributed by atoms with E-state index in [1.165, 1.54) is 5.56 Å². The van der Waals surface area contributed by atoms with Gasteiger partial charge in [-0.2, -0.15) is 0 Å². The molecule has 1 heterocycles. The Balaban J connectivity index is 1.54. The van der Waals surface area contributed by atoms with Crippen LogP contribution in [0.15, 0.2) is 54.9 Å². The van der Waals surface area contributed by atoms with Gasteiger partial charge in [0.15, 0.2) is 0 Å². The number of nitrogens with zero attached hydrogens (tertiary/aromatic N) is 1. The molecular weight excluding hydrogens is 348 g/mol. The normalized spacial score (nSPS) is 23.4. The molecule has 0 spiro atoms. The van der Waals surface area contributed by atoms with Crippen molar-refractivity contribution in [2.24, 2.45) is 5.92 Å². The van der Waals surface area contributed by atoms with Crippen molar-refractivity contribution >= 4 is 5.97 Å². The van der Waals surface area contributed by atoms with Gasteiger partial charge in [0.05, 0.1) is 0 Å². The minimum Gasteiger partial charge on any atom is -0.460 e. The third-order valence-corrected chi connectivity index (χ3v) is 6.01. The van der Waals surface area contributed by atoms with E-state index < -0.39 is 0 Å². The van der Waals surface area contributed by atoms with Crippen LogP contribution < -0.4 is 5.32 Å². The maximum Gasteiger partial charge on any atom is 0.323 e. The summed E-state index contributed by atoms with van der Waals surface area (Å²) in [5, 5.41) is 3.59. The van der Waals surface area contributed by atoms with Crippen LogP contribution in [0.25, 0.3) is 0 Å². The van der Waals surface area contributed by atoms with E-state index in [1.54, 1.807) is 0 Å². The van der Waals surface area contributed by atoms with E-state index in [9.17, 15) is 4.79 Å². The molecule has 1 aromatic heterocycles. The fourth-order valence-corrected chi connectivity index (χ4v) is 4.04. The zero-order chi connectivity index (χ0) is 20.0. The van der Waals surface area contributed by atoms with Crippen molar-refractivity contribution in [1.29, 1.82) is 0 Å². The third kappa shape index (κ3) is 5.20. The van der Waals surface area contributed by atoms with E-state index in [0.29, 0.717) is 12.6 Å². The van der Waals surface area contributed by atoms with Crippen LogP contribution in [0.1, 0.15) is 57.6 Å². The van der Waals surface area contributed by atoms with Crippen LogP contribution in [-0.2, 0) is 21.6 Å². The first-order valence-corrected chi connectivity index (χ1v) is 10.3. The van der Waals surface area contributed by atoms with Gasteiger partial charge in [-0.25, -0.2) is 0 Å². The highest BCUT2D eigenvalue weighted by atomic mass is 16.5. The molecule has 1 aromatic carbocycles. The van der Waals surface area contributed by atoms with Gasteiger partial charge >= 0.3 is 5.97 Å². The molecule has 0 aliphatic heterocycles. The van der Waals surface area contributed by atoms with Gasteiger partial charge in [-0.1, -0.05) is 57.2 Å². The Bertz CT molecular complexity index is 738. The molecule has 0 saturated heterocycles. The molecule has 0 radical (unpaired) electrons. The summed E-state index contributed by atoms with van der Waals surface area (Å²) >= 11 is 0. The highest BCUT2D eigenvalue weighted by Crippen LogP contribution is 2.38. The maximum atomic E-state index is 12.7. The Kier molecular flexibility index (Phi) is 6.84. The molecule has 1 atom stereocenters. The molecular formula is C24H32N2O2. The Morgan fingerprint density at radius 3 is 2.50 bits per heavy atom. The monoisotopic (exact) mass is 380 g/mol. The Hall–Kier alpha value is -2.20. The van der Waals surface area contributed by atoms with E-state index in [-0.39, 0.29) is 23.3 Å². The first-order chi connectivity index (χ1) is 13.5. The summed E-state index contributed by atoms with van der Waals surface area (Å²) in [7, 11) is 0. The predicted octanol–water partition coefficient (Wildman–Crippen LogP) is 4.64. The molecule has 1 aliphatic rings. The number of ether oxygens (including phenoxy) is 1. The molecule has 0 amide bonds. The molecule has 1 saturated carbocycles. The lowest BCUT2D eigenvalue weighted by Crippen LogP contribution is -2.49. The molecule has 2 aromatic rings. The maximum absolute atomic E-state index is 12.7. The van der Waals surface area contributed by atoms with Crippen LogP contribution in [0.5, 0.6) is 0 Å². The Labute approximate surface area is 168 Å². The largest absolute Gasteiger partial charge is 0.460 e. The van der Waals surface area contributed by atoms with Crippen molar-refractivity contribution in [2.75, 3.05) is 0 Å². The SMILES string of the molecule is CC(C)[C@H](NC1CCC(C)(c2cccnc2)CC1)C(=O)OCc1ccccc1. The second-order valence-corrected chi connectivity index (χ2v) is 8.56. The number of esters is 1. The fourth-order valence-electron chi connectivity index (χ4n) is 4.04. The lowest BCUT2D eigenvalue weighted by molar-refractivity contribution is -0.149. The molecule has 1 fully saturated rings. The summed E-state index contributed by atoms with van der Waals surface area (Å²) in [4.78, 5) is 17.0. The molecule has 1 N–H and O–H groups in total. The van der Waals surface area contributed by atoms with Crippen LogP contribution >= 0.6 is 0 Å². The molecule has 28 heavy (non-hydrogen) atoms. The zero-order valence-corrected chi connectivity index (χ0v) is 17.2. The first kappa shape index (κ1) is 20.5. The lowest BCUT2D eigenvalue weighted by Gasteiger charge is -2.39. The minimum atomic E-state index is -0.267. The average Bonchev–Trinajstić information content (AvgIpc) is 2.73. The van der Waals surface area contributed by atoms with Crippen LogP contribution in [0, 0.1) is 5.92 Å². The van der Waals surface area contributed by atoms with E-state index in [1.807, 2.05) is 48.8 Å². The van der Waals surface area contributed by atoms with Gasteiger partial charge in [-0.05, 0) is 54.2 Å². The van der Waals surface area contributed by atoms with E-state index in [0.717, 1.165) is 31.2 Å². The van der Waals surface area contributed by atoms with Crippen molar-refractivity contribution in [3.8, 4) is 0 Å². The lowest BCUT2D eigenvalue weighted by atomic mass is 9.70. The topological polar surface area (TPSA) is 51.2 Å². The van der Waals surface area contributed by atoms with Gasteiger partial charge in [0.1, 0.15) is 12.6 Å². The Morgan fingerprint density at radius 1 is 1.18 bits per heavy atom. The van der Waals surface area contributed by atoms with E-state index >= 15 is 0 Å². The van der Waals surface area contributed by atoms with Gasteiger partial charge in [-0.3, -0.25) is 9.78 Å². The van der Waals surface area contributed by atoms with E-state index in [4.69, 9.17) is 4.74 Å². The van der Waals surface area contributed by atoms with Crippen molar-refractivity contribution in [1.82, 2.24) is 10.3 Å². The number of pyridine rings is 1. The van der Waals surface area contributed by atoms with Gasteiger partial charge < -0.3 is 10.1 Å². The molecule has 4 heteroatoms. The summed E-state index contributed by atoms with van der Waals surface area (Å²) in [5.41, 5.74) is 2.51. The summed E-state index contributed by atoms with van der Waals surface area (Å²) in [6, 6.07) is 14.1. The summed E-state index contributed by atoms with van der Waals surface area (Å²) < 4.78 is 5.59. The summed E-state index contributed by atoms with van der Waals surface area (Å²) in [6.07, 6.45) is 8.13. The number of rotatable bonds is 7. The van der Waals surface area contributed by atoms with Crippen molar-refractivity contribution in [2.45, 2.75) is 70.6 Å². The van der Waals surface area contributed by atoms with Crippen molar-refractivity contribution in [3.05, 3.63) is 66.0 Å². The van der Waals surface area contributed by atoms with Gasteiger partial charge in [0, 0.05) is 18.4 Å². The predicted molar refractivity (Wildman–Crippen MR) is 112 cm³/mol. The number of hydrogen-bond acceptors (Lipinski definition) is 4. The summed E-state index contributed by atoms with van der Waals surface area (Å²) in [5.74, 6) is 0.0364. The van der Waals surface area contributed by atoms with Gasteiger partial charge in [0.25, 0.3) is 0 Å². The van der Waals surface area contributed by atoms with Crippen LogP contribution in [0.4, 0.5) is 0 Å². The van der Waals surface area contributed by atoms with Gasteiger partial charge in [-0.15, -0.1) is 0 Å². The molecule has 0 bridgehead atoms. The first-order valence-electron chi connectivity index (χ1n) is 10.3. The molecule has 150 valence electrons. The molecule has 0 unspecified atom stereocenters. The number of carbonyl (C=O) groups excluding carboxylic acids is 1. The number of hydrogen-bond donors (Lipinski definition) is 1. The fraction of sp³-hybridized carbons (Fsp3) is 0.500. The molecule has 4 nitrogen and oxygen atoms in total. The zero-order valence-electron chi connectivity index (χ0n) is 17.2. The van der Waals surface area contributed by atoms with Crippen molar-refractivity contribution < 1.29 is 9.53 Å². The third-order valence-electron chi connectivity index (χ3n) is 6.01. The number of nitrogens with one attached hydrogen (secondary N) is 1. The Morgan fingerprint density at radius 2 is 1.89 bits per heavy atom. The van der Waals surface area contributed by atoms with E-state index in [2.05, 4.69) is 37.1 Å². The second kappa shape index (κ2) is 9.33. The standard InChI is InChI=1S/C24H32N2O2/c1-18(2)22(23(27)28-17-19-8-5-4-6-9-19)26-21-11-13-24(3,14-12-21)20-10-7-15-25-16-20/h4-10,15-16,18,21-22,26H,11-14,17H2,1-3H3/t21?,22-,24?/m0/s1. The highest BCUT2D eigenvalue weighted by molar-refractivity contribution is 5.76. The quantitative estimate of drug-likeness (QED) is 0.711. The van der Waals surface area contributed by atoms with Crippen LogP contribution in [0.2, 0.25) is 0 Å². The number of benzene rings is 1.